The van der Waals surface area contributed by atoms with Crippen LogP contribution in [0, 0.1) is 0 Å². The molecule has 1 fully saturated rings. The molecule has 0 spiro atoms. The van der Waals surface area contributed by atoms with Gasteiger partial charge in [0.1, 0.15) is 12.1 Å². The summed E-state index contributed by atoms with van der Waals surface area (Å²) >= 11 is 0. The van der Waals surface area contributed by atoms with Gasteiger partial charge in [-0.3, -0.25) is 4.98 Å². The number of fused-ring (bicyclic) bond motifs is 1. The summed E-state index contributed by atoms with van der Waals surface area (Å²) in [6.45, 7) is 3.37. The zero-order chi connectivity index (χ0) is 16.4. The van der Waals surface area contributed by atoms with Crippen LogP contribution in [0.5, 0.6) is 5.75 Å². The van der Waals surface area contributed by atoms with Crippen molar-refractivity contribution in [2.24, 2.45) is 0 Å². The second kappa shape index (κ2) is 6.23. The molecule has 8 nitrogen and oxygen atoms in total. The van der Waals surface area contributed by atoms with E-state index < -0.39 is 0 Å². The first-order valence-electron chi connectivity index (χ1n) is 7.76. The van der Waals surface area contributed by atoms with Gasteiger partial charge in [-0.05, 0) is 6.07 Å². The van der Waals surface area contributed by atoms with Crippen molar-refractivity contribution in [3.05, 3.63) is 37.2 Å². The van der Waals surface area contributed by atoms with Gasteiger partial charge in [0.2, 0.25) is 5.95 Å². The van der Waals surface area contributed by atoms with Crippen molar-refractivity contribution in [1.82, 2.24) is 24.9 Å². The Morgan fingerprint density at radius 3 is 2.42 bits per heavy atom. The largest absolute Gasteiger partial charge is 0.494 e. The van der Waals surface area contributed by atoms with Crippen LogP contribution in [0.4, 0.5) is 11.8 Å². The third-order valence-electron chi connectivity index (χ3n) is 4.13. The predicted molar refractivity (Wildman–Crippen MR) is 90.3 cm³/mol. The average Bonchev–Trinajstić information content (AvgIpc) is 2.68. The van der Waals surface area contributed by atoms with E-state index in [4.69, 9.17) is 4.74 Å². The normalized spacial score (nSPS) is 14.9. The summed E-state index contributed by atoms with van der Waals surface area (Å²) in [5, 5.41) is 1.03. The van der Waals surface area contributed by atoms with Crippen LogP contribution in [-0.2, 0) is 0 Å². The lowest BCUT2D eigenvalue weighted by Crippen LogP contribution is -2.47. The highest BCUT2D eigenvalue weighted by Crippen LogP contribution is 2.23. The van der Waals surface area contributed by atoms with Crippen LogP contribution >= 0.6 is 0 Å². The van der Waals surface area contributed by atoms with E-state index in [0.29, 0.717) is 5.75 Å². The fraction of sp³-hybridized carbons (Fsp3) is 0.312. The fourth-order valence-corrected chi connectivity index (χ4v) is 2.84. The third kappa shape index (κ3) is 2.66. The summed E-state index contributed by atoms with van der Waals surface area (Å²) < 4.78 is 5.10. The van der Waals surface area contributed by atoms with Crippen molar-refractivity contribution < 1.29 is 4.74 Å². The first kappa shape index (κ1) is 14.6. The maximum Gasteiger partial charge on any atom is 0.225 e. The fourth-order valence-electron chi connectivity index (χ4n) is 2.84. The molecule has 0 aromatic carbocycles. The van der Waals surface area contributed by atoms with Crippen molar-refractivity contribution >= 4 is 22.7 Å². The molecule has 0 atom stereocenters. The number of rotatable bonds is 3. The molecule has 0 bridgehead atoms. The Labute approximate surface area is 139 Å². The molecular weight excluding hydrogens is 306 g/mol. The van der Waals surface area contributed by atoms with Gasteiger partial charge in [-0.15, -0.1) is 0 Å². The van der Waals surface area contributed by atoms with Crippen molar-refractivity contribution in [2.45, 2.75) is 0 Å². The van der Waals surface area contributed by atoms with Gasteiger partial charge < -0.3 is 14.5 Å². The van der Waals surface area contributed by atoms with Crippen LogP contribution in [-0.4, -0.2) is 58.2 Å². The monoisotopic (exact) mass is 323 g/mol. The van der Waals surface area contributed by atoms with Gasteiger partial charge in [-0.2, -0.15) is 0 Å². The van der Waals surface area contributed by atoms with E-state index in [1.165, 1.54) is 0 Å². The van der Waals surface area contributed by atoms with E-state index in [0.717, 1.165) is 48.8 Å². The Bertz CT molecular complexity index is 826. The minimum absolute atomic E-state index is 0.665. The zero-order valence-electron chi connectivity index (χ0n) is 13.3. The topological polar surface area (TPSA) is 80.2 Å². The number of piperazine rings is 1. The van der Waals surface area contributed by atoms with Crippen LogP contribution in [0.25, 0.3) is 10.9 Å². The summed E-state index contributed by atoms with van der Waals surface area (Å²) in [7, 11) is 1.61. The maximum atomic E-state index is 5.10. The Hall–Kier alpha value is -3.03. The van der Waals surface area contributed by atoms with Gasteiger partial charge in [0.05, 0.1) is 31.2 Å². The maximum absolute atomic E-state index is 5.10. The van der Waals surface area contributed by atoms with Gasteiger partial charge in [-0.1, -0.05) is 0 Å². The van der Waals surface area contributed by atoms with Crippen LogP contribution in [0.1, 0.15) is 0 Å². The van der Waals surface area contributed by atoms with Gasteiger partial charge >= 0.3 is 0 Å². The predicted octanol–water partition coefficient (Wildman–Crippen LogP) is 1.15. The molecule has 1 aliphatic rings. The van der Waals surface area contributed by atoms with Crippen molar-refractivity contribution in [3.63, 3.8) is 0 Å². The Morgan fingerprint density at radius 2 is 1.67 bits per heavy atom. The Kier molecular flexibility index (Phi) is 3.78. The molecule has 0 radical (unpaired) electrons. The molecule has 8 heteroatoms. The Balaban J connectivity index is 1.51. The molecule has 24 heavy (non-hydrogen) atoms. The third-order valence-corrected chi connectivity index (χ3v) is 4.13. The van der Waals surface area contributed by atoms with Crippen LogP contribution in [0.3, 0.4) is 0 Å². The number of pyridine rings is 1. The van der Waals surface area contributed by atoms with Gasteiger partial charge in [0.15, 0.2) is 5.75 Å². The van der Waals surface area contributed by atoms with Gasteiger partial charge in [-0.25, -0.2) is 19.9 Å². The molecule has 0 unspecified atom stereocenters. The minimum atomic E-state index is 0.665. The van der Waals surface area contributed by atoms with Crippen LogP contribution in [0.15, 0.2) is 37.2 Å². The second-order valence-electron chi connectivity index (χ2n) is 5.49. The smallest absolute Gasteiger partial charge is 0.225 e. The first-order chi connectivity index (χ1) is 11.8. The standard InChI is InChI=1S/C16H17N7O/c1-24-12-8-18-16(19-9-12)23-6-4-22(5-7-23)15-13-2-3-17-10-14(13)20-11-21-15/h2-3,8-11H,4-7H2,1H3. The van der Waals surface area contributed by atoms with Gasteiger partial charge in [0, 0.05) is 37.8 Å². The second-order valence-corrected chi connectivity index (χ2v) is 5.49. The highest BCUT2D eigenvalue weighted by atomic mass is 16.5. The number of aromatic nitrogens is 5. The average molecular weight is 323 g/mol. The lowest BCUT2D eigenvalue weighted by molar-refractivity contribution is 0.410. The van der Waals surface area contributed by atoms with Crippen LogP contribution in [0.2, 0.25) is 0 Å². The molecule has 3 aromatic heterocycles. The number of hydrogen-bond acceptors (Lipinski definition) is 8. The molecule has 0 N–H and O–H groups in total. The summed E-state index contributed by atoms with van der Waals surface area (Å²) in [6.07, 6.45) is 8.52. The number of methoxy groups -OCH3 is 1. The SMILES string of the molecule is COc1cnc(N2CCN(c3ncnc4cnccc34)CC2)nc1. The van der Waals surface area contributed by atoms with Crippen molar-refractivity contribution in [3.8, 4) is 5.75 Å². The van der Waals surface area contributed by atoms with E-state index in [9.17, 15) is 0 Å². The highest BCUT2D eigenvalue weighted by molar-refractivity contribution is 5.88. The summed E-state index contributed by atoms with van der Waals surface area (Å²) in [6, 6.07) is 1.96. The lowest BCUT2D eigenvalue weighted by atomic mass is 10.2. The molecule has 122 valence electrons. The highest BCUT2D eigenvalue weighted by Gasteiger charge is 2.21. The number of anilines is 2. The molecule has 1 aliphatic heterocycles. The summed E-state index contributed by atoms with van der Waals surface area (Å²) in [4.78, 5) is 26.0. The summed E-state index contributed by atoms with van der Waals surface area (Å²) in [5.74, 6) is 2.35. The molecule has 0 saturated carbocycles. The minimum Gasteiger partial charge on any atom is -0.494 e. The molecule has 4 rings (SSSR count). The number of hydrogen-bond donors (Lipinski definition) is 0. The molecule has 1 saturated heterocycles. The molecular formula is C16H17N7O. The first-order valence-corrected chi connectivity index (χ1v) is 7.76. The molecule has 3 aromatic rings. The van der Waals surface area contributed by atoms with Crippen molar-refractivity contribution in [2.75, 3.05) is 43.1 Å². The van der Waals surface area contributed by atoms with E-state index in [2.05, 4.69) is 34.7 Å². The molecule has 4 heterocycles. The number of nitrogens with zero attached hydrogens (tertiary/aromatic N) is 7. The van der Waals surface area contributed by atoms with E-state index >= 15 is 0 Å². The molecule has 0 amide bonds. The zero-order valence-corrected chi connectivity index (χ0v) is 13.3. The Morgan fingerprint density at radius 1 is 0.917 bits per heavy atom. The van der Waals surface area contributed by atoms with Crippen molar-refractivity contribution in [1.29, 1.82) is 0 Å². The van der Waals surface area contributed by atoms with E-state index in [1.807, 2.05) is 6.07 Å². The van der Waals surface area contributed by atoms with E-state index in [1.54, 1.807) is 38.2 Å². The van der Waals surface area contributed by atoms with Gasteiger partial charge in [0.25, 0.3) is 0 Å². The quantitative estimate of drug-likeness (QED) is 0.710. The molecule has 0 aliphatic carbocycles. The summed E-state index contributed by atoms with van der Waals surface area (Å²) in [5.41, 5.74) is 0.864. The van der Waals surface area contributed by atoms with Crippen LogP contribution < -0.4 is 14.5 Å². The van der Waals surface area contributed by atoms with E-state index in [-0.39, 0.29) is 0 Å². The number of ether oxygens (including phenoxy) is 1. The lowest BCUT2D eigenvalue weighted by Gasteiger charge is -2.35.